The highest BCUT2D eigenvalue weighted by Crippen LogP contribution is 2.31. The third kappa shape index (κ3) is 5.56. The largest absolute Gasteiger partial charge is 0.348 e. The second-order valence-electron chi connectivity index (χ2n) is 8.26. The summed E-state index contributed by atoms with van der Waals surface area (Å²) in [7, 11) is 0. The molecule has 0 bridgehead atoms. The fourth-order valence-corrected chi connectivity index (χ4v) is 4.43. The summed E-state index contributed by atoms with van der Waals surface area (Å²) >= 11 is 0. The number of benzene rings is 2. The van der Waals surface area contributed by atoms with Gasteiger partial charge in [-0.05, 0) is 78.9 Å². The maximum absolute atomic E-state index is 13.6. The van der Waals surface area contributed by atoms with Gasteiger partial charge in [0, 0.05) is 19.7 Å². The Morgan fingerprint density at radius 3 is 2.48 bits per heavy atom. The van der Waals surface area contributed by atoms with Gasteiger partial charge in [0.25, 0.3) is 0 Å². The third-order valence-electron chi connectivity index (χ3n) is 5.96. The van der Waals surface area contributed by atoms with E-state index in [1.54, 1.807) is 25.3 Å². The Hall–Kier alpha value is -3.05. The van der Waals surface area contributed by atoms with E-state index in [4.69, 9.17) is 0 Å². The van der Waals surface area contributed by atoms with E-state index >= 15 is 0 Å². The van der Waals surface area contributed by atoms with Gasteiger partial charge in [0.15, 0.2) is 0 Å². The van der Waals surface area contributed by atoms with Gasteiger partial charge < -0.3 is 5.32 Å². The highest BCUT2D eigenvalue weighted by atomic mass is 19.1. The maximum atomic E-state index is 13.6. The second-order valence-corrected chi connectivity index (χ2v) is 8.26. The van der Waals surface area contributed by atoms with Crippen LogP contribution in [0.5, 0.6) is 0 Å². The van der Waals surface area contributed by atoms with E-state index in [0.29, 0.717) is 5.92 Å². The molecule has 1 aliphatic rings. The molecule has 1 N–H and O–H groups in total. The molecule has 0 saturated carbocycles. The number of hydrogen-bond acceptors (Lipinski definition) is 3. The van der Waals surface area contributed by atoms with Crippen molar-refractivity contribution in [3.63, 3.8) is 0 Å². The predicted molar refractivity (Wildman–Crippen MR) is 121 cm³/mol. The first-order valence-corrected chi connectivity index (χ1v) is 10.8. The SMILES string of the molecule is CC(=O)N[C@H](c1ccccn1)C1CCN(Cc2cccc(-c3cccc(F)c3)c2)CC1. The standard InChI is InChI=1S/C26H28FN3O/c1-19(31)29-26(25-10-2-3-13-28-25)21-11-14-30(15-12-21)18-20-6-4-7-22(16-20)23-8-5-9-24(27)17-23/h2-10,13,16-17,21,26H,11-12,14-15,18H2,1H3,(H,29,31)/t26-/m0/s1. The van der Waals surface area contributed by atoms with Crippen LogP contribution >= 0.6 is 0 Å². The number of amides is 1. The molecular weight excluding hydrogens is 389 g/mol. The Kier molecular flexibility index (Phi) is 6.73. The molecule has 1 aromatic heterocycles. The summed E-state index contributed by atoms with van der Waals surface area (Å²) in [6.45, 7) is 4.37. The normalized spacial score (nSPS) is 16.1. The summed E-state index contributed by atoms with van der Waals surface area (Å²) in [5.41, 5.74) is 4.09. The molecule has 2 aromatic carbocycles. The van der Waals surface area contributed by atoms with E-state index in [1.165, 1.54) is 11.6 Å². The molecule has 0 unspecified atom stereocenters. The first kappa shape index (κ1) is 21.2. The smallest absolute Gasteiger partial charge is 0.217 e. The molecule has 0 aliphatic carbocycles. The Labute approximate surface area is 183 Å². The van der Waals surface area contributed by atoms with Crippen molar-refractivity contribution >= 4 is 5.91 Å². The summed E-state index contributed by atoms with van der Waals surface area (Å²) in [5, 5.41) is 3.11. The molecule has 3 aromatic rings. The molecule has 1 saturated heterocycles. The van der Waals surface area contributed by atoms with Gasteiger partial charge in [0.05, 0.1) is 11.7 Å². The fourth-order valence-electron chi connectivity index (χ4n) is 4.43. The minimum atomic E-state index is -0.216. The Balaban J connectivity index is 1.40. The van der Waals surface area contributed by atoms with Gasteiger partial charge in [-0.3, -0.25) is 14.7 Å². The lowest BCUT2D eigenvalue weighted by molar-refractivity contribution is -0.120. The monoisotopic (exact) mass is 417 g/mol. The zero-order chi connectivity index (χ0) is 21.6. The predicted octanol–water partition coefficient (Wildman–Crippen LogP) is 4.98. The van der Waals surface area contributed by atoms with Crippen molar-refractivity contribution in [1.29, 1.82) is 0 Å². The molecule has 0 spiro atoms. The van der Waals surface area contributed by atoms with Crippen molar-refractivity contribution in [2.45, 2.75) is 32.4 Å². The van der Waals surface area contributed by atoms with Crippen molar-refractivity contribution < 1.29 is 9.18 Å². The van der Waals surface area contributed by atoms with Crippen molar-refractivity contribution in [1.82, 2.24) is 15.2 Å². The van der Waals surface area contributed by atoms with Gasteiger partial charge in [-0.1, -0.05) is 36.4 Å². The highest BCUT2D eigenvalue weighted by Gasteiger charge is 2.29. The molecule has 5 heteroatoms. The maximum Gasteiger partial charge on any atom is 0.217 e. The second kappa shape index (κ2) is 9.84. The number of nitrogens with zero attached hydrogens (tertiary/aromatic N) is 2. The molecule has 1 amide bonds. The molecule has 1 atom stereocenters. The number of aromatic nitrogens is 1. The number of carbonyl (C=O) groups is 1. The summed E-state index contributed by atoms with van der Waals surface area (Å²) < 4.78 is 13.6. The van der Waals surface area contributed by atoms with Crippen LogP contribution < -0.4 is 5.32 Å². The van der Waals surface area contributed by atoms with Gasteiger partial charge in [-0.25, -0.2) is 4.39 Å². The zero-order valence-electron chi connectivity index (χ0n) is 17.8. The molecule has 2 heterocycles. The first-order chi connectivity index (χ1) is 15.1. The lowest BCUT2D eigenvalue weighted by atomic mass is 9.87. The van der Waals surface area contributed by atoms with Crippen LogP contribution in [0.25, 0.3) is 11.1 Å². The molecule has 4 nitrogen and oxygen atoms in total. The molecule has 0 radical (unpaired) electrons. The van der Waals surface area contributed by atoms with Crippen LogP contribution in [0.1, 0.15) is 37.1 Å². The average Bonchev–Trinajstić information content (AvgIpc) is 2.79. The lowest BCUT2D eigenvalue weighted by Crippen LogP contribution is -2.40. The van der Waals surface area contributed by atoms with Crippen LogP contribution in [0.15, 0.2) is 72.9 Å². The van der Waals surface area contributed by atoms with Crippen molar-refractivity contribution in [2.24, 2.45) is 5.92 Å². The van der Waals surface area contributed by atoms with Crippen molar-refractivity contribution in [3.8, 4) is 11.1 Å². The lowest BCUT2D eigenvalue weighted by Gasteiger charge is -2.36. The zero-order valence-corrected chi connectivity index (χ0v) is 17.8. The van der Waals surface area contributed by atoms with Crippen LogP contribution in [0.4, 0.5) is 4.39 Å². The fraction of sp³-hybridized carbons (Fsp3) is 0.308. The van der Waals surface area contributed by atoms with E-state index in [0.717, 1.165) is 49.3 Å². The van der Waals surface area contributed by atoms with Crippen molar-refractivity contribution in [3.05, 3.63) is 90.0 Å². The van der Waals surface area contributed by atoms with Gasteiger partial charge in [0.1, 0.15) is 5.82 Å². The molecule has 160 valence electrons. The van der Waals surface area contributed by atoms with Crippen molar-refractivity contribution in [2.75, 3.05) is 13.1 Å². The van der Waals surface area contributed by atoms with Crippen LogP contribution in [0, 0.1) is 11.7 Å². The van der Waals surface area contributed by atoms with Crippen LogP contribution in [0.3, 0.4) is 0 Å². The molecule has 31 heavy (non-hydrogen) atoms. The number of piperidine rings is 1. The number of likely N-dealkylation sites (tertiary alicyclic amines) is 1. The molecule has 1 aliphatic heterocycles. The Morgan fingerprint density at radius 1 is 1.06 bits per heavy atom. The molecule has 1 fully saturated rings. The van der Waals surface area contributed by atoms with E-state index in [9.17, 15) is 9.18 Å². The number of halogens is 1. The average molecular weight is 418 g/mol. The minimum absolute atomic E-state index is 0.0211. The van der Waals surface area contributed by atoms with Gasteiger partial charge >= 0.3 is 0 Å². The summed E-state index contributed by atoms with van der Waals surface area (Å²) in [6.07, 6.45) is 3.79. The summed E-state index contributed by atoms with van der Waals surface area (Å²) in [4.78, 5) is 18.7. The number of carbonyl (C=O) groups excluding carboxylic acids is 1. The number of hydrogen-bond donors (Lipinski definition) is 1. The van der Waals surface area contributed by atoms with Gasteiger partial charge in [-0.2, -0.15) is 0 Å². The summed E-state index contributed by atoms with van der Waals surface area (Å²) in [6, 6.07) is 20.9. The topological polar surface area (TPSA) is 45.2 Å². The third-order valence-corrected chi connectivity index (χ3v) is 5.96. The van der Waals surface area contributed by atoms with Crippen LogP contribution in [-0.4, -0.2) is 28.9 Å². The molecular formula is C26H28FN3O. The molecule has 4 rings (SSSR count). The first-order valence-electron chi connectivity index (χ1n) is 10.8. The van der Waals surface area contributed by atoms with E-state index in [-0.39, 0.29) is 17.8 Å². The van der Waals surface area contributed by atoms with E-state index < -0.39 is 0 Å². The Morgan fingerprint density at radius 2 is 1.81 bits per heavy atom. The highest BCUT2D eigenvalue weighted by molar-refractivity contribution is 5.73. The van der Waals surface area contributed by atoms with Crippen LogP contribution in [-0.2, 0) is 11.3 Å². The quantitative estimate of drug-likeness (QED) is 0.615. The summed E-state index contributed by atoms with van der Waals surface area (Å²) in [5.74, 6) is 0.132. The number of nitrogens with one attached hydrogen (secondary N) is 1. The Bertz CT molecular complexity index is 1020. The van der Waals surface area contributed by atoms with E-state index in [1.807, 2.05) is 36.4 Å². The number of rotatable bonds is 6. The van der Waals surface area contributed by atoms with Crippen LogP contribution in [0.2, 0.25) is 0 Å². The van der Waals surface area contributed by atoms with Gasteiger partial charge in [0.2, 0.25) is 5.91 Å². The van der Waals surface area contributed by atoms with E-state index in [2.05, 4.69) is 27.3 Å². The number of pyridine rings is 1. The van der Waals surface area contributed by atoms with Gasteiger partial charge in [-0.15, -0.1) is 0 Å². The minimum Gasteiger partial charge on any atom is -0.348 e.